The third kappa shape index (κ3) is 5.25. The Kier molecular flexibility index (Phi) is 6.63. The van der Waals surface area contributed by atoms with Crippen molar-refractivity contribution in [3.63, 3.8) is 0 Å². The maximum absolute atomic E-state index is 12.1. The van der Waals surface area contributed by atoms with E-state index in [4.69, 9.17) is 5.73 Å². The molecule has 1 rings (SSSR count). The number of nitrogens with two attached hydrogens (primary N) is 1. The molecule has 1 atom stereocenters. The molecule has 0 saturated carbocycles. The molecule has 0 aliphatic carbocycles. The van der Waals surface area contributed by atoms with E-state index in [9.17, 15) is 8.42 Å². The van der Waals surface area contributed by atoms with Gasteiger partial charge in [0.1, 0.15) is 5.37 Å². The van der Waals surface area contributed by atoms with Crippen molar-refractivity contribution >= 4 is 21.6 Å². The monoisotopic (exact) mass is 308 g/mol. The van der Waals surface area contributed by atoms with Gasteiger partial charge in [0, 0.05) is 23.8 Å². The summed E-state index contributed by atoms with van der Waals surface area (Å²) in [7, 11) is -2.96. The van der Waals surface area contributed by atoms with Gasteiger partial charge in [0.2, 0.25) is 0 Å². The molecule has 0 aromatic carbocycles. The Morgan fingerprint density at radius 3 is 2.68 bits per heavy atom. The van der Waals surface area contributed by atoms with Crippen LogP contribution in [0.5, 0.6) is 0 Å². The van der Waals surface area contributed by atoms with Crippen LogP contribution >= 0.6 is 11.8 Å². The van der Waals surface area contributed by atoms with E-state index in [1.165, 1.54) is 0 Å². The van der Waals surface area contributed by atoms with Crippen molar-refractivity contribution in [3.8, 4) is 0 Å². The van der Waals surface area contributed by atoms with E-state index < -0.39 is 9.84 Å². The highest BCUT2D eigenvalue weighted by atomic mass is 32.2. The first-order valence-corrected chi connectivity index (χ1v) is 9.93. The van der Waals surface area contributed by atoms with Gasteiger partial charge in [-0.2, -0.15) is 11.8 Å². The number of thioether (sulfide) groups is 1. The highest BCUT2D eigenvalue weighted by Crippen LogP contribution is 2.24. The Balaban J connectivity index is 2.54. The van der Waals surface area contributed by atoms with Gasteiger partial charge in [-0.3, -0.25) is 4.90 Å². The second-order valence-electron chi connectivity index (χ2n) is 5.99. The summed E-state index contributed by atoms with van der Waals surface area (Å²) in [4.78, 5) is 2.15. The molecule has 0 radical (unpaired) electrons. The molecule has 2 N–H and O–H groups in total. The maximum atomic E-state index is 12.1. The van der Waals surface area contributed by atoms with E-state index in [0.717, 1.165) is 37.4 Å². The van der Waals surface area contributed by atoms with Crippen molar-refractivity contribution in [1.29, 1.82) is 0 Å². The van der Waals surface area contributed by atoms with Crippen molar-refractivity contribution in [2.75, 3.05) is 36.9 Å². The lowest BCUT2D eigenvalue weighted by Crippen LogP contribution is -2.48. The lowest BCUT2D eigenvalue weighted by molar-refractivity contribution is 0.240. The summed E-state index contributed by atoms with van der Waals surface area (Å²) < 4.78 is 24.2. The van der Waals surface area contributed by atoms with Crippen LogP contribution in [0, 0.1) is 5.41 Å². The van der Waals surface area contributed by atoms with E-state index in [2.05, 4.69) is 18.7 Å². The predicted octanol–water partition coefficient (Wildman–Crippen LogP) is 1.56. The zero-order chi connectivity index (χ0) is 14.5. The summed E-state index contributed by atoms with van der Waals surface area (Å²) in [5.74, 6) is 2.00. The second-order valence-corrected chi connectivity index (χ2v) is 9.59. The molecule has 1 fully saturated rings. The summed E-state index contributed by atoms with van der Waals surface area (Å²) in [6.07, 6.45) is 2.07. The van der Waals surface area contributed by atoms with E-state index in [1.54, 1.807) is 18.7 Å². The Morgan fingerprint density at radius 1 is 1.42 bits per heavy atom. The first-order valence-electron chi connectivity index (χ1n) is 7.06. The van der Waals surface area contributed by atoms with Gasteiger partial charge >= 0.3 is 0 Å². The molecule has 0 amide bonds. The van der Waals surface area contributed by atoms with Crippen LogP contribution in [0.3, 0.4) is 0 Å². The van der Waals surface area contributed by atoms with Gasteiger partial charge in [-0.05, 0) is 31.3 Å². The van der Waals surface area contributed by atoms with E-state index in [-0.39, 0.29) is 16.5 Å². The van der Waals surface area contributed by atoms with Crippen molar-refractivity contribution in [1.82, 2.24) is 4.90 Å². The summed E-state index contributed by atoms with van der Waals surface area (Å²) in [6.45, 7) is 8.51. The SMILES string of the molecule is CCS(=O)(=O)C1CSCCN1CCCC(C)(C)CN. The van der Waals surface area contributed by atoms with Crippen LogP contribution in [0.15, 0.2) is 0 Å². The molecule has 114 valence electrons. The Bertz CT molecular complexity index is 369. The summed E-state index contributed by atoms with van der Waals surface area (Å²) in [5, 5.41) is -0.280. The van der Waals surface area contributed by atoms with Crippen LogP contribution in [0.4, 0.5) is 0 Å². The Hall–Kier alpha value is 0.220. The van der Waals surface area contributed by atoms with Crippen LogP contribution in [-0.2, 0) is 9.84 Å². The summed E-state index contributed by atoms with van der Waals surface area (Å²) in [5.41, 5.74) is 5.89. The number of hydrogen-bond acceptors (Lipinski definition) is 5. The van der Waals surface area contributed by atoms with Gasteiger partial charge in [-0.1, -0.05) is 20.8 Å². The second kappa shape index (κ2) is 7.29. The maximum Gasteiger partial charge on any atom is 0.166 e. The zero-order valence-electron chi connectivity index (χ0n) is 12.4. The first-order chi connectivity index (χ1) is 8.82. The normalized spacial score (nSPS) is 22.6. The number of rotatable bonds is 7. The quantitative estimate of drug-likeness (QED) is 0.773. The number of hydrogen-bond donors (Lipinski definition) is 1. The molecule has 19 heavy (non-hydrogen) atoms. The fourth-order valence-corrected chi connectivity index (χ4v) is 5.37. The average Bonchev–Trinajstić information content (AvgIpc) is 2.39. The number of nitrogens with zero attached hydrogens (tertiary/aromatic N) is 1. The van der Waals surface area contributed by atoms with Crippen molar-refractivity contribution in [2.24, 2.45) is 11.1 Å². The Labute approximate surface area is 122 Å². The standard InChI is InChI=1S/C13H28N2O2S2/c1-4-19(16,17)12-10-18-9-8-15(12)7-5-6-13(2,3)11-14/h12H,4-11,14H2,1-3H3. The Morgan fingerprint density at radius 2 is 2.11 bits per heavy atom. The van der Waals surface area contributed by atoms with Gasteiger partial charge in [0.05, 0.1) is 0 Å². The highest BCUT2D eigenvalue weighted by molar-refractivity contribution is 8.01. The van der Waals surface area contributed by atoms with Crippen molar-refractivity contribution in [3.05, 3.63) is 0 Å². The molecule has 0 aromatic rings. The molecule has 0 bridgehead atoms. The lowest BCUT2D eigenvalue weighted by Gasteiger charge is -2.35. The van der Waals surface area contributed by atoms with Gasteiger partial charge < -0.3 is 5.73 Å². The van der Waals surface area contributed by atoms with E-state index in [0.29, 0.717) is 6.54 Å². The lowest BCUT2D eigenvalue weighted by atomic mass is 9.88. The third-order valence-electron chi connectivity index (χ3n) is 3.86. The summed E-state index contributed by atoms with van der Waals surface area (Å²) in [6, 6.07) is 0. The minimum atomic E-state index is -2.96. The smallest absolute Gasteiger partial charge is 0.166 e. The minimum absolute atomic E-state index is 0.156. The molecule has 1 unspecified atom stereocenters. The van der Waals surface area contributed by atoms with E-state index >= 15 is 0 Å². The van der Waals surface area contributed by atoms with Crippen molar-refractivity contribution in [2.45, 2.75) is 39.0 Å². The zero-order valence-corrected chi connectivity index (χ0v) is 14.0. The van der Waals surface area contributed by atoms with Gasteiger partial charge in [-0.25, -0.2) is 8.42 Å². The van der Waals surface area contributed by atoms with Gasteiger partial charge in [0.25, 0.3) is 0 Å². The topological polar surface area (TPSA) is 63.4 Å². The molecule has 1 saturated heterocycles. The van der Waals surface area contributed by atoms with Crippen molar-refractivity contribution < 1.29 is 8.42 Å². The van der Waals surface area contributed by atoms with Crippen LogP contribution in [0.1, 0.15) is 33.6 Å². The molecular formula is C13H28N2O2S2. The predicted molar refractivity (Wildman–Crippen MR) is 84.2 cm³/mol. The highest BCUT2D eigenvalue weighted by Gasteiger charge is 2.32. The largest absolute Gasteiger partial charge is 0.330 e. The third-order valence-corrected chi connectivity index (χ3v) is 7.19. The molecule has 4 nitrogen and oxygen atoms in total. The molecule has 1 aliphatic heterocycles. The van der Waals surface area contributed by atoms with E-state index in [1.807, 2.05) is 0 Å². The number of sulfone groups is 1. The van der Waals surface area contributed by atoms with Gasteiger partial charge in [0.15, 0.2) is 9.84 Å². The van der Waals surface area contributed by atoms with Gasteiger partial charge in [-0.15, -0.1) is 0 Å². The molecule has 0 spiro atoms. The first kappa shape index (κ1) is 17.3. The summed E-state index contributed by atoms with van der Waals surface area (Å²) >= 11 is 1.75. The fraction of sp³-hybridized carbons (Fsp3) is 1.00. The molecule has 6 heteroatoms. The van der Waals surface area contributed by atoms with Crippen LogP contribution in [0.25, 0.3) is 0 Å². The molecule has 1 aliphatic rings. The molecule has 1 heterocycles. The van der Waals surface area contributed by atoms with Crippen LogP contribution in [-0.4, -0.2) is 55.6 Å². The molecular weight excluding hydrogens is 280 g/mol. The average molecular weight is 309 g/mol. The van der Waals surface area contributed by atoms with Crippen LogP contribution < -0.4 is 5.73 Å². The minimum Gasteiger partial charge on any atom is -0.330 e. The fourth-order valence-electron chi connectivity index (χ4n) is 2.26. The molecule has 0 aromatic heterocycles. The van der Waals surface area contributed by atoms with Crippen LogP contribution in [0.2, 0.25) is 0 Å².